The summed E-state index contributed by atoms with van der Waals surface area (Å²) in [5.41, 5.74) is 9.49. The topological polar surface area (TPSA) is 196 Å². The molecule has 15 nitrogen and oxygen atoms in total. The lowest BCUT2D eigenvalue weighted by Crippen LogP contribution is -2.48. The molecule has 0 bridgehead atoms. The van der Waals surface area contributed by atoms with Crippen molar-refractivity contribution in [3.05, 3.63) is 87.8 Å². The zero-order valence-electron chi connectivity index (χ0n) is 32.6. The zero-order chi connectivity index (χ0) is 39.7. The third-order valence-electron chi connectivity index (χ3n) is 9.36. The van der Waals surface area contributed by atoms with E-state index in [0.717, 1.165) is 64.2 Å². The fourth-order valence-electron chi connectivity index (χ4n) is 6.08. The standard InChI is InChI=1S/C40H56N10O5/c1-6-49(7-2)20-10-18-41-26-28-22-30(37(52)42-19-11-21-50(8-3)9-4)24-33(23-28)44-38(53)29-12-14-31(15-13-29)47-48-36(27(5)51)39(54)43-32-16-17-34-35(25-32)46-40(55)45-34/h12-17,22-25,36,41,47-48H,6-11,18-21,26H2,1-5H3,(H,42,52)(H,43,54)(H,44,53)(H2,45,46,55). The normalized spacial score (nSPS) is 11.8. The van der Waals surface area contributed by atoms with E-state index in [4.69, 9.17) is 0 Å². The third-order valence-corrected chi connectivity index (χ3v) is 9.36. The highest BCUT2D eigenvalue weighted by Gasteiger charge is 2.23. The number of benzene rings is 3. The van der Waals surface area contributed by atoms with E-state index in [1.807, 2.05) is 12.1 Å². The van der Waals surface area contributed by atoms with E-state index in [2.05, 4.69) is 79.6 Å². The second-order valence-electron chi connectivity index (χ2n) is 13.3. The molecule has 8 N–H and O–H groups in total. The first-order valence-electron chi connectivity index (χ1n) is 19.1. The molecular weight excluding hydrogens is 701 g/mol. The summed E-state index contributed by atoms with van der Waals surface area (Å²) >= 11 is 0. The molecule has 0 spiro atoms. The SMILES string of the molecule is CCN(CC)CCCNCc1cc(NC(=O)c2ccc(NNC(C(C)=O)C(=O)Nc3ccc4[nH]c(=O)[nH]c4c3)cc2)cc(C(=O)NCCCN(CC)CC)c1. The van der Waals surface area contributed by atoms with Crippen LogP contribution < -0.4 is 37.8 Å². The fourth-order valence-corrected chi connectivity index (χ4v) is 6.08. The van der Waals surface area contributed by atoms with Crippen molar-refractivity contribution >= 4 is 51.6 Å². The van der Waals surface area contributed by atoms with Gasteiger partial charge in [-0.15, -0.1) is 0 Å². The Bertz CT molecular complexity index is 1930. The molecule has 4 rings (SSSR count). The van der Waals surface area contributed by atoms with Gasteiger partial charge in [-0.3, -0.25) is 19.2 Å². The van der Waals surface area contributed by atoms with Crippen LogP contribution in [0.5, 0.6) is 0 Å². The molecule has 0 fully saturated rings. The number of nitrogens with zero attached hydrogens (tertiary/aromatic N) is 2. The predicted octanol–water partition coefficient (Wildman–Crippen LogP) is 3.90. The minimum absolute atomic E-state index is 0.197. The molecule has 1 atom stereocenters. The number of hydrogen-bond donors (Lipinski definition) is 8. The Balaban J connectivity index is 1.37. The van der Waals surface area contributed by atoms with Crippen LogP contribution in [0.15, 0.2) is 65.5 Å². The summed E-state index contributed by atoms with van der Waals surface area (Å²) in [5, 5.41) is 12.1. The number of rotatable bonds is 23. The fraction of sp³-hybridized carbons (Fsp3) is 0.425. The minimum Gasteiger partial charge on any atom is -0.352 e. The van der Waals surface area contributed by atoms with Crippen LogP contribution in [0, 0.1) is 0 Å². The van der Waals surface area contributed by atoms with Crippen LogP contribution in [0.3, 0.4) is 0 Å². The quantitative estimate of drug-likeness (QED) is 0.0313. The van der Waals surface area contributed by atoms with Crippen LogP contribution in [0.1, 0.15) is 73.7 Å². The number of hydrogen-bond acceptors (Lipinski definition) is 10. The Morgan fingerprint density at radius 3 is 1.96 bits per heavy atom. The Morgan fingerprint density at radius 2 is 1.31 bits per heavy atom. The smallest absolute Gasteiger partial charge is 0.323 e. The highest BCUT2D eigenvalue weighted by Crippen LogP contribution is 2.19. The van der Waals surface area contributed by atoms with Crippen LogP contribution >= 0.6 is 0 Å². The number of anilines is 3. The summed E-state index contributed by atoms with van der Waals surface area (Å²) < 4.78 is 0. The van der Waals surface area contributed by atoms with Gasteiger partial charge in [0.15, 0.2) is 11.8 Å². The van der Waals surface area contributed by atoms with Crippen molar-refractivity contribution in [1.82, 2.24) is 35.8 Å². The van der Waals surface area contributed by atoms with Gasteiger partial charge in [0, 0.05) is 41.3 Å². The van der Waals surface area contributed by atoms with Crippen molar-refractivity contribution in [3.8, 4) is 0 Å². The molecule has 15 heteroatoms. The second kappa shape index (κ2) is 21.5. The summed E-state index contributed by atoms with van der Waals surface area (Å²) in [6, 6.07) is 15.5. The van der Waals surface area contributed by atoms with Crippen molar-refractivity contribution in [2.75, 3.05) is 68.4 Å². The number of imidazole rings is 1. The lowest BCUT2D eigenvalue weighted by atomic mass is 10.1. The number of H-pyrrole nitrogens is 2. The van der Waals surface area contributed by atoms with Gasteiger partial charge < -0.3 is 46.5 Å². The van der Waals surface area contributed by atoms with Crippen LogP contribution in [0.2, 0.25) is 0 Å². The van der Waals surface area contributed by atoms with Crippen LogP contribution in [0.25, 0.3) is 11.0 Å². The maximum Gasteiger partial charge on any atom is 0.323 e. The summed E-state index contributed by atoms with van der Waals surface area (Å²) in [4.78, 5) is 73.5. The Morgan fingerprint density at radius 1 is 0.673 bits per heavy atom. The molecule has 1 heterocycles. The van der Waals surface area contributed by atoms with E-state index in [-0.39, 0.29) is 17.5 Å². The number of fused-ring (bicyclic) bond motifs is 1. The molecule has 55 heavy (non-hydrogen) atoms. The molecule has 0 aliphatic carbocycles. The highest BCUT2D eigenvalue weighted by molar-refractivity contribution is 6.10. The number of carbonyl (C=O) groups excluding carboxylic acids is 4. The van der Waals surface area contributed by atoms with Crippen molar-refractivity contribution in [2.45, 2.75) is 60.0 Å². The molecule has 1 aromatic heterocycles. The molecular formula is C40H56N10O5. The van der Waals surface area contributed by atoms with Gasteiger partial charge in [0.1, 0.15) is 0 Å². The predicted molar refractivity (Wildman–Crippen MR) is 218 cm³/mol. The van der Waals surface area contributed by atoms with Gasteiger partial charge in [-0.1, -0.05) is 27.7 Å². The van der Waals surface area contributed by atoms with Crippen molar-refractivity contribution < 1.29 is 19.2 Å². The van der Waals surface area contributed by atoms with Gasteiger partial charge in [-0.2, -0.15) is 0 Å². The van der Waals surface area contributed by atoms with Gasteiger partial charge in [-0.05, 0) is 132 Å². The largest absolute Gasteiger partial charge is 0.352 e. The Labute approximate surface area is 322 Å². The van der Waals surface area contributed by atoms with Crippen LogP contribution in [-0.2, 0) is 16.1 Å². The van der Waals surface area contributed by atoms with Crippen molar-refractivity contribution in [1.29, 1.82) is 0 Å². The molecule has 296 valence electrons. The third kappa shape index (κ3) is 13.2. The molecule has 0 aliphatic heterocycles. The van der Waals surface area contributed by atoms with E-state index < -0.39 is 17.7 Å². The molecule has 0 radical (unpaired) electrons. The summed E-state index contributed by atoms with van der Waals surface area (Å²) in [7, 11) is 0. The van der Waals surface area contributed by atoms with E-state index in [1.165, 1.54) is 6.92 Å². The number of aromatic nitrogens is 2. The molecule has 0 saturated heterocycles. The summed E-state index contributed by atoms with van der Waals surface area (Å²) in [6.45, 7) is 17.6. The zero-order valence-corrected chi connectivity index (χ0v) is 32.6. The van der Waals surface area contributed by atoms with E-state index >= 15 is 0 Å². The van der Waals surface area contributed by atoms with E-state index in [9.17, 15) is 24.0 Å². The number of aromatic amines is 2. The van der Waals surface area contributed by atoms with E-state index in [0.29, 0.717) is 52.3 Å². The van der Waals surface area contributed by atoms with Crippen molar-refractivity contribution in [2.24, 2.45) is 0 Å². The van der Waals surface area contributed by atoms with Crippen LogP contribution in [0.4, 0.5) is 17.1 Å². The van der Waals surface area contributed by atoms with Crippen molar-refractivity contribution in [3.63, 3.8) is 0 Å². The van der Waals surface area contributed by atoms with Gasteiger partial charge in [0.05, 0.1) is 11.0 Å². The number of nitrogens with one attached hydrogen (secondary N) is 8. The summed E-state index contributed by atoms with van der Waals surface area (Å²) in [5.74, 6) is -1.59. The Kier molecular flexibility index (Phi) is 16.6. The van der Waals surface area contributed by atoms with E-state index in [1.54, 1.807) is 48.5 Å². The maximum atomic E-state index is 13.4. The minimum atomic E-state index is -1.23. The number of amides is 3. The van der Waals surface area contributed by atoms with Gasteiger partial charge >= 0.3 is 5.69 Å². The molecule has 4 aromatic rings. The van der Waals surface area contributed by atoms with Gasteiger partial charge in [0.2, 0.25) is 0 Å². The summed E-state index contributed by atoms with van der Waals surface area (Å²) in [6.07, 6.45) is 1.83. The molecule has 1 unspecified atom stereocenters. The number of ketones is 1. The lowest BCUT2D eigenvalue weighted by molar-refractivity contribution is -0.127. The number of carbonyl (C=O) groups is 4. The van der Waals surface area contributed by atoms with Gasteiger partial charge in [0.25, 0.3) is 17.7 Å². The monoisotopic (exact) mass is 756 g/mol. The average Bonchev–Trinajstić information content (AvgIpc) is 3.55. The number of hydrazine groups is 1. The number of Topliss-reactive ketones (excluding diaryl/α,β-unsaturated/α-hetero) is 1. The molecule has 3 amide bonds. The molecule has 0 saturated carbocycles. The second-order valence-corrected chi connectivity index (χ2v) is 13.3. The van der Waals surface area contributed by atoms with Gasteiger partial charge in [-0.25, -0.2) is 10.2 Å². The lowest BCUT2D eigenvalue weighted by Gasteiger charge is -2.18. The molecule has 3 aromatic carbocycles. The first-order valence-corrected chi connectivity index (χ1v) is 19.1. The van der Waals surface area contributed by atoms with Crippen LogP contribution in [-0.4, -0.2) is 102 Å². The average molecular weight is 757 g/mol. The Hall–Kier alpha value is -5.35. The molecule has 0 aliphatic rings. The first-order chi connectivity index (χ1) is 26.5. The maximum absolute atomic E-state index is 13.4. The first kappa shape index (κ1) is 42.4. The highest BCUT2D eigenvalue weighted by atomic mass is 16.2.